The maximum absolute atomic E-state index is 13.0. The van der Waals surface area contributed by atoms with E-state index in [-0.39, 0.29) is 64.6 Å². The molecular formula is C63H68N20O10S6. The first-order chi connectivity index (χ1) is 47.3. The van der Waals surface area contributed by atoms with Gasteiger partial charge in [-0.05, 0) is 127 Å². The lowest BCUT2D eigenvalue weighted by atomic mass is 10.3. The molecule has 9 aromatic rings. The van der Waals surface area contributed by atoms with Crippen molar-refractivity contribution in [3.63, 3.8) is 0 Å². The fourth-order valence-corrected chi connectivity index (χ4v) is 18.1. The fraction of sp³-hybridized carbons (Fsp3) is 0.286. The molecular weight excluding hydrogens is 1390 g/mol. The minimum absolute atomic E-state index is 0.0570. The lowest BCUT2D eigenvalue weighted by Crippen LogP contribution is -2.47. The second-order valence-electron chi connectivity index (χ2n) is 23.8. The number of likely N-dealkylation sites (N-methyl/N-ethyl adjacent to an activating group) is 1. The molecule has 516 valence electrons. The second kappa shape index (κ2) is 27.5. The molecule has 2 saturated heterocycles. The van der Waals surface area contributed by atoms with Crippen molar-refractivity contribution in [2.75, 3.05) is 147 Å². The maximum Gasteiger partial charge on any atom is 0.270 e. The summed E-state index contributed by atoms with van der Waals surface area (Å²) in [4.78, 5) is 80.3. The summed E-state index contributed by atoms with van der Waals surface area (Å²) in [7, 11) is 2.01. The molecule has 0 bridgehead atoms. The molecule has 36 heteroatoms. The van der Waals surface area contributed by atoms with Crippen molar-refractivity contribution in [1.82, 2.24) is 53.2 Å². The number of piperazine rings is 2. The number of amides is 3. The Bertz CT molecular complexity index is 4700. The molecule has 11 heterocycles. The average molecular weight is 1460 g/mol. The van der Waals surface area contributed by atoms with Crippen molar-refractivity contribution in [3.05, 3.63) is 140 Å². The quantitative estimate of drug-likeness (QED) is 0.0730. The molecule has 3 aromatic carbocycles. The van der Waals surface area contributed by atoms with Gasteiger partial charge in [-0.1, -0.05) is 0 Å². The number of aromatic nitrogens is 6. The van der Waals surface area contributed by atoms with Gasteiger partial charge >= 0.3 is 0 Å². The van der Waals surface area contributed by atoms with Crippen molar-refractivity contribution < 1.29 is 44.8 Å². The molecule has 3 amide bonds. The summed E-state index contributed by atoms with van der Waals surface area (Å²) < 4.78 is 81.9. The fourth-order valence-electron chi connectivity index (χ4n) is 11.3. The van der Waals surface area contributed by atoms with E-state index in [4.69, 9.17) is 0 Å². The minimum atomic E-state index is -3.64. The number of hydroxylamine groups is 2. The average Bonchev–Trinajstić information content (AvgIpc) is 1.66. The number of benzene rings is 3. The molecule has 6 aliphatic rings. The third-order valence-electron chi connectivity index (χ3n) is 17.3. The van der Waals surface area contributed by atoms with Gasteiger partial charge < -0.3 is 55.5 Å². The van der Waals surface area contributed by atoms with Crippen molar-refractivity contribution >= 4 is 168 Å². The van der Waals surface area contributed by atoms with Crippen molar-refractivity contribution in [2.24, 2.45) is 0 Å². The molecule has 0 atom stereocenters. The van der Waals surface area contributed by atoms with Crippen LogP contribution in [-0.4, -0.2) is 204 Å². The molecule has 0 unspecified atom stereocenters. The van der Waals surface area contributed by atoms with Gasteiger partial charge in [0.05, 0.1) is 50.3 Å². The molecule has 0 spiro atoms. The SMILES string of the molecule is CN1C(=O)c2sccc2N(C)c2nc(Nc3ccc(S(=O)(=O)N4CCN(O)CC4)cc3)ncc21.CN1C(=O)c2sccc2N(C)c2nc(Nc3ccc(S(=O)(=O)NC4CC4)cc3)ncc21.CN1CCN(S(=O)(=O)c2ccc(Nc3ncc4c(n3)N(C)c3ccsc3C(=O)N4C)cc2)CC1. The van der Waals surface area contributed by atoms with Gasteiger partial charge in [0.15, 0.2) is 17.5 Å². The molecule has 1 aliphatic carbocycles. The molecule has 5 aliphatic heterocycles. The molecule has 5 N–H and O–H groups in total. The summed E-state index contributed by atoms with van der Waals surface area (Å²) in [5, 5.41) is 25.6. The van der Waals surface area contributed by atoms with Gasteiger partial charge in [-0.25, -0.2) is 44.9 Å². The van der Waals surface area contributed by atoms with E-state index in [0.29, 0.717) is 97.1 Å². The van der Waals surface area contributed by atoms with Gasteiger partial charge in [-0.15, -0.1) is 34.0 Å². The largest absolute Gasteiger partial charge is 0.326 e. The van der Waals surface area contributed by atoms with Crippen molar-refractivity contribution in [1.29, 1.82) is 0 Å². The number of hydrogen-bond acceptors (Lipinski definition) is 27. The molecule has 30 nitrogen and oxygen atoms in total. The van der Waals surface area contributed by atoms with E-state index in [1.165, 1.54) is 59.7 Å². The highest BCUT2D eigenvalue weighted by Gasteiger charge is 2.35. The Morgan fingerprint density at radius 2 is 0.717 bits per heavy atom. The Kier molecular flexibility index (Phi) is 19.0. The van der Waals surface area contributed by atoms with E-state index >= 15 is 0 Å². The number of fused-ring (bicyclic) bond motifs is 6. The number of carbonyl (C=O) groups excluding carboxylic acids is 3. The molecule has 6 aromatic heterocycles. The van der Waals surface area contributed by atoms with Crippen LogP contribution in [-0.2, 0) is 30.1 Å². The Hall–Kier alpha value is -9.18. The van der Waals surface area contributed by atoms with Crippen LogP contribution in [0.1, 0.15) is 41.9 Å². The first kappa shape index (κ1) is 68.3. The monoisotopic (exact) mass is 1460 g/mol. The predicted molar refractivity (Wildman–Crippen MR) is 382 cm³/mol. The molecule has 3 fully saturated rings. The summed E-state index contributed by atoms with van der Waals surface area (Å²) in [5.74, 6) is 2.47. The number of carbonyl (C=O) groups is 3. The molecule has 15 rings (SSSR count). The van der Waals surface area contributed by atoms with E-state index in [1.807, 2.05) is 77.2 Å². The Morgan fingerprint density at radius 1 is 0.404 bits per heavy atom. The van der Waals surface area contributed by atoms with Gasteiger partial charge in [0, 0.05) is 118 Å². The van der Waals surface area contributed by atoms with E-state index in [9.17, 15) is 44.8 Å². The van der Waals surface area contributed by atoms with E-state index in [0.717, 1.165) is 48.1 Å². The summed E-state index contributed by atoms with van der Waals surface area (Å²) in [6.45, 7) is 3.42. The van der Waals surface area contributed by atoms with E-state index < -0.39 is 30.1 Å². The first-order valence-electron chi connectivity index (χ1n) is 31.0. The lowest BCUT2D eigenvalue weighted by Gasteiger charge is -2.31. The van der Waals surface area contributed by atoms with Crippen LogP contribution in [0.5, 0.6) is 0 Å². The van der Waals surface area contributed by atoms with Gasteiger partial charge in [-0.2, -0.15) is 28.6 Å². The Labute approximate surface area is 583 Å². The number of sulfonamides is 3. The van der Waals surface area contributed by atoms with Crippen LogP contribution < -0.4 is 50.1 Å². The summed E-state index contributed by atoms with van der Waals surface area (Å²) in [5.41, 5.74) is 6.11. The van der Waals surface area contributed by atoms with Gasteiger partial charge in [0.2, 0.25) is 47.9 Å². The summed E-state index contributed by atoms with van der Waals surface area (Å²) in [6.07, 6.45) is 6.58. The van der Waals surface area contributed by atoms with Crippen LogP contribution in [0, 0.1) is 0 Å². The molecule has 0 radical (unpaired) electrons. The topological polar surface area (TPSA) is 332 Å². The first-order valence-corrected chi connectivity index (χ1v) is 38.0. The highest BCUT2D eigenvalue weighted by atomic mass is 32.2. The van der Waals surface area contributed by atoms with Crippen LogP contribution in [0.3, 0.4) is 0 Å². The van der Waals surface area contributed by atoms with Gasteiger partial charge in [0.25, 0.3) is 17.7 Å². The van der Waals surface area contributed by atoms with Gasteiger partial charge in [0.1, 0.15) is 31.7 Å². The van der Waals surface area contributed by atoms with Gasteiger partial charge in [-0.3, -0.25) is 14.4 Å². The number of nitrogens with one attached hydrogen (secondary N) is 4. The normalized spacial score (nSPS) is 16.9. The Morgan fingerprint density at radius 3 is 1.04 bits per heavy atom. The predicted octanol–water partition coefficient (Wildman–Crippen LogP) is 7.99. The van der Waals surface area contributed by atoms with Crippen LogP contribution >= 0.6 is 34.0 Å². The molecule has 1 saturated carbocycles. The Balaban J connectivity index is 0.000000134. The highest BCUT2D eigenvalue weighted by molar-refractivity contribution is 7.90. The van der Waals surface area contributed by atoms with Crippen LogP contribution in [0.15, 0.2) is 140 Å². The lowest BCUT2D eigenvalue weighted by molar-refractivity contribution is -0.108. The highest BCUT2D eigenvalue weighted by Crippen LogP contribution is 2.44. The zero-order chi connectivity index (χ0) is 69.8. The summed E-state index contributed by atoms with van der Waals surface area (Å²) in [6, 6.07) is 25.1. The second-order valence-corrected chi connectivity index (χ2v) is 32.1. The zero-order valence-electron chi connectivity index (χ0n) is 54.5. The smallest absolute Gasteiger partial charge is 0.270 e. The van der Waals surface area contributed by atoms with E-state index in [1.54, 1.807) is 110 Å². The van der Waals surface area contributed by atoms with Crippen molar-refractivity contribution in [2.45, 2.75) is 33.6 Å². The summed E-state index contributed by atoms with van der Waals surface area (Å²) >= 11 is 4.17. The maximum atomic E-state index is 13.0. The third-order valence-corrected chi connectivity index (χ3v) is 25.3. The number of thiophene rings is 3. The third kappa shape index (κ3) is 13.9. The standard InChI is InChI=1S/C22H25N7O3S2.C21H23N7O4S2.C20H20N6O3S2/c1-26-9-11-29(12-10-26)34(31,32)16-6-4-15(5-7-16)24-22-23-14-18-20(25-22)27(2)17-8-13-33-19(17)21(30)28(18)3;1-25-16-7-12-33-18(16)20(29)26(2)17-13-22-21(24-19(17)25)23-14-3-5-15(6-4-14)34(31,32)28-10-8-27(30)9-11-28;1-25-15-9-10-30-17(15)19(27)26(2)16-11-21-20(23-18(16)25)22-12-5-7-14(8-6-12)31(28,29)24-13-3-4-13/h4-8,13-14H,9-12H2,1-3H3,(H,23,24,25);3-7,12-13,30H,8-11H2,1-2H3,(H,22,23,24);5-11,13,24H,3-4H2,1-2H3,(H,21,22,23). The van der Waals surface area contributed by atoms with Crippen LogP contribution in [0.2, 0.25) is 0 Å². The zero-order valence-corrected chi connectivity index (χ0v) is 59.4. The number of hydrogen-bond donors (Lipinski definition) is 5. The number of anilines is 15. The van der Waals surface area contributed by atoms with Crippen molar-refractivity contribution in [3.8, 4) is 0 Å². The van der Waals surface area contributed by atoms with Crippen LogP contribution in [0.4, 0.5) is 86.5 Å². The van der Waals surface area contributed by atoms with Crippen LogP contribution in [0.25, 0.3) is 0 Å². The minimum Gasteiger partial charge on any atom is -0.326 e. The number of nitrogens with zero attached hydrogens (tertiary/aromatic N) is 16. The molecule has 99 heavy (non-hydrogen) atoms. The van der Waals surface area contributed by atoms with E-state index in [2.05, 4.69) is 55.5 Å². The number of rotatable bonds is 13.